The van der Waals surface area contributed by atoms with Crippen LogP contribution in [0.4, 0.5) is 5.69 Å². The molecular formula is C21H24N4O4S2. The number of nitrogens with two attached hydrogens (primary N) is 1. The van der Waals surface area contributed by atoms with Crippen molar-refractivity contribution >= 4 is 44.9 Å². The van der Waals surface area contributed by atoms with Gasteiger partial charge in [0.2, 0.25) is 15.9 Å². The van der Waals surface area contributed by atoms with E-state index in [0.717, 1.165) is 5.56 Å². The minimum Gasteiger partial charge on any atom is -0.363 e. The first-order valence-electron chi connectivity index (χ1n) is 9.80. The van der Waals surface area contributed by atoms with Crippen LogP contribution < -0.4 is 15.4 Å². The maximum atomic E-state index is 13.1. The molecule has 1 aliphatic heterocycles. The summed E-state index contributed by atoms with van der Waals surface area (Å²) in [6.45, 7) is 2.86. The number of carbonyl (C=O) groups is 2. The zero-order chi connectivity index (χ0) is 22.6. The third-order valence-electron chi connectivity index (χ3n) is 5.00. The summed E-state index contributed by atoms with van der Waals surface area (Å²) in [6, 6.07) is 14.3. The normalized spacial score (nSPS) is 16.5. The van der Waals surface area contributed by atoms with Crippen molar-refractivity contribution in [2.24, 2.45) is 5.14 Å². The first-order valence-corrected chi connectivity index (χ1v) is 11.8. The number of hydrogen-bond donors (Lipinski definition) is 2. The highest BCUT2D eigenvalue weighted by atomic mass is 32.2. The minimum absolute atomic E-state index is 0.0314. The molecule has 164 valence electrons. The molecule has 0 aliphatic carbocycles. The Labute approximate surface area is 187 Å². The average molecular weight is 461 g/mol. The number of carbonyl (C=O) groups excluding carboxylic acids is 2. The molecule has 0 aromatic heterocycles. The number of hydrogen-bond acceptors (Lipinski definition) is 5. The fourth-order valence-corrected chi connectivity index (χ4v) is 4.33. The molecule has 0 spiro atoms. The van der Waals surface area contributed by atoms with Crippen LogP contribution in [-0.4, -0.2) is 49.4 Å². The van der Waals surface area contributed by atoms with E-state index in [1.165, 1.54) is 17.0 Å². The van der Waals surface area contributed by atoms with E-state index < -0.39 is 16.1 Å². The number of sulfonamides is 1. The molecule has 0 unspecified atom stereocenters. The van der Waals surface area contributed by atoms with Crippen LogP contribution in [-0.2, 0) is 26.0 Å². The van der Waals surface area contributed by atoms with Crippen LogP contribution in [0.5, 0.6) is 0 Å². The van der Waals surface area contributed by atoms with Gasteiger partial charge >= 0.3 is 0 Å². The van der Waals surface area contributed by atoms with Crippen LogP contribution in [0.15, 0.2) is 59.5 Å². The number of primary sulfonamides is 1. The van der Waals surface area contributed by atoms with Gasteiger partial charge in [-0.25, -0.2) is 18.5 Å². The van der Waals surface area contributed by atoms with Gasteiger partial charge in [0.25, 0.3) is 5.91 Å². The second-order valence-electron chi connectivity index (χ2n) is 7.09. The highest BCUT2D eigenvalue weighted by Gasteiger charge is 2.43. The van der Waals surface area contributed by atoms with Gasteiger partial charge in [-0.15, -0.1) is 0 Å². The molecule has 2 aromatic rings. The van der Waals surface area contributed by atoms with Gasteiger partial charge in [-0.3, -0.25) is 9.59 Å². The van der Waals surface area contributed by atoms with Crippen molar-refractivity contribution in [1.82, 2.24) is 10.2 Å². The van der Waals surface area contributed by atoms with Crippen molar-refractivity contribution in [3.63, 3.8) is 0 Å². The molecule has 8 nitrogen and oxygen atoms in total. The average Bonchev–Trinajstić information content (AvgIpc) is 3.02. The molecule has 1 fully saturated rings. The Morgan fingerprint density at radius 1 is 1.16 bits per heavy atom. The Balaban J connectivity index is 1.79. The van der Waals surface area contributed by atoms with E-state index in [1.54, 1.807) is 41.3 Å². The first kappa shape index (κ1) is 22.9. The van der Waals surface area contributed by atoms with Gasteiger partial charge in [0.15, 0.2) is 5.11 Å². The summed E-state index contributed by atoms with van der Waals surface area (Å²) >= 11 is 5.48. The number of amides is 2. The molecule has 1 aliphatic rings. The monoisotopic (exact) mass is 460 g/mol. The Morgan fingerprint density at radius 3 is 2.39 bits per heavy atom. The van der Waals surface area contributed by atoms with E-state index in [0.29, 0.717) is 30.3 Å². The lowest BCUT2D eigenvalue weighted by Crippen LogP contribution is -2.50. The number of para-hydroxylation sites is 1. The summed E-state index contributed by atoms with van der Waals surface area (Å²) in [6.07, 6.45) is 0.531. The minimum atomic E-state index is -3.76. The van der Waals surface area contributed by atoms with Crippen molar-refractivity contribution < 1.29 is 18.0 Å². The van der Waals surface area contributed by atoms with Crippen molar-refractivity contribution in [2.45, 2.75) is 30.7 Å². The summed E-state index contributed by atoms with van der Waals surface area (Å²) in [4.78, 5) is 28.7. The van der Waals surface area contributed by atoms with E-state index in [2.05, 4.69) is 5.32 Å². The maximum Gasteiger partial charge on any atom is 0.257 e. The third-order valence-corrected chi connectivity index (χ3v) is 6.30. The smallest absolute Gasteiger partial charge is 0.257 e. The SMILES string of the molecule is CCNC(=S)N(CCc1ccc(S(N)(=O)=O)cc1)[C@H]1CC(=O)N(c2ccccc2)C1=O. The topological polar surface area (TPSA) is 113 Å². The van der Waals surface area contributed by atoms with Gasteiger partial charge < -0.3 is 10.2 Å². The number of benzene rings is 2. The molecule has 0 saturated carbocycles. The van der Waals surface area contributed by atoms with E-state index in [1.807, 2.05) is 13.0 Å². The number of rotatable bonds is 7. The van der Waals surface area contributed by atoms with Gasteiger partial charge in [0.05, 0.1) is 17.0 Å². The predicted octanol–water partition coefficient (Wildman–Crippen LogP) is 1.41. The molecule has 1 saturated heterocycles. The van der Waals surface area contributed by atoms with Crippen LogP contribution in [0.25, 0.3) is 0 Å². The fourth-order valence-electron chi connectivity index (χ4n) is 3.45. The quantitative estimate of drug-likeness (QED) is 0.474. The largest absolute Gasteiger partial charge is 0.363 e. The lowest BCUT2D eigenvalue weighted by molar-refractivity contribution is -0.122. The third kappa shape index (κ3) is 5.27. The predicted molar refractivity (Wildman–Crippen MR) is 122 cm³/mol. The number of nitrogens with zero attached hydrogens (tertiary/aromatic N) is 2. The lowest BCUT2D eigenvalue weighted by Gasteiger charge is -2.30. The van der Waals surface area contributed by atoms with Crippen molar-refractivity contribution in [1.29, 1.82) is 0 Å². The highest BCUT2D eigenvalue weighted by molar-refractivity contribution is 7.89. The first-order chi connectivity index (χ1) is 14.7. The summed E-state index contributed by atoms with van der Waals surface area (Å²) in [5.74, 6) is -0.593. The van der Waals surface area contributed by atoms with E-state index >= 15 is 0 Å². The zero-order valence-corrected chi connectivity index (χ0v) is 18.7. The van der Waals surface area contributed by atoms with Gasteiger partial charge in [-0.05, 0) is 55.4 Å². The van der Waals surface area contributed by atoms with Crippen LogP contribution >= 0.6 is 12.2 Å². The fraction of sp³-hybridized carbons (Fsp3) is 0.286. The van der Waals surface area contributed by atoms with Crippen molar-refractivity contribution in [3.05, 3.63) is 60.2 Å². The Morgan fingerprint density at radius 2 is 1.81 bits per heavy atom. The number of thiocarbonyl (C=S) groups is 1. The molecule has 2 aromatic carbocycles. The van der Waals surface area contributed by atoms with Gasteiger partial charge in [-0.2, -0.15) is 0 Å². The van der Waals surface area contributed by atoms with Crippen LogP contribution in [0, 0.1) is 0 Å². The molecule has 10 heteroatoms. The molecule has 1 atom stereocenters. The standard InChI is InChI=1S/C21H24N4O4S2/c1-2-23-21(30)24(13-12-15-8-10-17(11-9-15)31(22,28)29)18-14-19(26)25(20(18)27)16-6-4-3-5-7-16/h3-11,18H,2,12-14H2,1H3,(H,23,30)(H2,22,28,29)/t18-/m0/s1. The Kier molecular flexibility index (Phi) is 7.04. The molecule has 1 heterocycles. The van der Waals surface area contributed by atoms with Gasteiger partial charge in [-0.1, -0.05) is 30.3 Å². The van der Waals surface area contributed by atoms with Gasteiger partial charge in [0.1, 0.15) is 6.04 Å². The highest BCUT2D eigenvalue weighted by Crippen LogP contribution is 2.26. The Bertz CT molecular complexity index is 1070. The molecule has 3 N–H and O–H groups in total. The van der Waals surface area contributed by atoms with Gasteiger partial charge in [0, 0.05) is 13.1 Å². The summed E-state index contributed by atoms with van der Waals surface area (Å²) in [7, 11) is -3.76. The number of anilines is 1. The van der Waals surface area contributed by atoms with E-state index in [-0.39, 0.29) is 23.1 Å². The van der Waals surface area contributed by atoms with Crippen LogP contribution in [0.1, 0.15) is 18.9 Å². The van der Waals surface area contributed by atoms with Crippen molar-refractivity contribution in [2.75, 3.05) is 18.0 Å². The van der Waals surface area contributed by atoms with Crippen molar-refractivity contribution in [3.8, 4) is 0 Å². The second kappa shape index (κ2) is 9.54. The summed E-state index contributed by atoms with van der Waals surface area (Å²) < 4.78 is 22.9. The molecule has 2 amide bonds. The molecule has 3 rings (SSSR count). The summed E-state index contributed by atoms with van der Waals surface area (Å²) in [5, 5.41) is 8.59. The number of nitrogens with one attached hydrogen (secondary N) is 1. The molecular weight excluding hydrogens is 436 g/mol. The number of imide groups is 1. The van der Waals surface area contributed by atoms with E-state index in [4.69, 9.17) is 17.4 Å². The maximum absolute atomic E-state index is 13.1. The molecule has 0 bridgehead atoms. The Hall–Kier alpha value is -2.82. The van der Waals surface area contributed by atoms with E-state index in [9.17, 15) is 18.0 Å². The molecule has 0 radical (unpaired) electrons. The van der Waals surface area contributed by atoms with Crippen LogP contribution in [0.2, 0.25) is 0 Å². The summed E-state index contributed by atoms with van der Waals surface area (Å²) in [5.41, 5.74) is 1.39. The second-order valence-corrected chi connectivity index (χ2v) is 9.04. The zero-order valence-electron chi connectivity index (χ0n) is 17.0. The molecule has 31 heavy (non-hydrogen) atoms. The van der Waals surface area contributed by atoms with Crippen LogP contribution in [0.3, 0.4) is 0 Å². The lowest BCUT2D eigenvalue weighted by atomic mass is 10.1.